The van der Waals surface area contributed by atoms with Gasteiger partial charge in [0.2, 0.25) is 5.82 Å². The van der Waals surface area contributed by atoms with Crippen LogP contribution in [-0.2, 0) is 0 Å². The van der Waals surface area contributed by atoms with Gasteiger partial charge in [0.1, 0.15) is 5.69 Å². The molecule has 5 heteroatoms. The van der Waals surface area contributed by atoms with E-state index in [4.69, 9.17) is 0 Å². The lowest BCUT2D eigenvalue weighted by Crippen LogP contribution is -1.96. The summed E-state index contributed by atoms with van der Waals surface area (Å²) in [5, 5.41) is 13.8. The van der Waals surface area contributed by atoms with E-state index < -0.39 is 0 Å². The molecule has 0 atom stereocenters. The molecule has 0 saturated carbocycles. The van der Waals surface area contributed by atoms with Gasteiger partial charge in [-0.3, -0.25) is 4.98 Å². The van der Waals surface area contributed by atoms with Crippen molar-refractivity contribution in [1.82, 2.24) is 25.6 Å². The fraction of sp³-hybridized carbons (Fsp3) is 0.333. The molecule has 2 heterocycles. The molecule has 0 amide bonds. The van der Waals surface area contributed by atoms with E-state index >= 15 is 0 Å². The van der Waals surface area contributed by atoms with Crippen molar-refractivity contribution < 1.29 is 0 Å². The van der Waals surface area contributed by atoms with Crippen molar-refractivity contribution >= 4 is 0 Å². The topological polar surface area (TPSA) is 67.3 Å². The molecular weight excluding hydrogens is 178 g/mol. The van der Waals surface area contributed by atoms with E-state index in [1.54, 1.807) is 6.20 Å². The Morgan fingerprint density at radius 3 is 2.86 bits per heavy atom. The van der Waals surface area contributed by atoms with Gasteiger partial charge in [-0.05, 0) is 22.8 Å². The first-order valence-corrected chi connectivity index (χ1v) is 4.47. The Hall–Kier alpha value is -1.78. The number of nitrogens with zero attached hydrogens (tertiary/aromatic N) is 4. The van der Waals surface area contributed by atoms with E-state index in [2.05, 4.69) is 39.5 Å². The van der Waals surface area contributed by atoms with Crippen molar-refractivity contribution in [3.05, 3.63) is 23.9 Å². The van der Waals surface area contributed by atoms with Crippen LogP contribution in [0.4, 0.5) is 0 Å². The monoisotopic (exact) mass is 189 g/mol. The molecule has 2 aromatic heterocycles. The van der Waals surface area contributed by atoms with E-state index in [9.17, 15) is 0 Å². The zero-order valence-electron chi connectivity index (χ0n) is 8.10. The maximum absolute atomic E-state index is 4.26. The number of rotatable bonds is 2. The van der Waals surface area contributed by atoms with Gasteiger partial charge in [0.05, 0.1) is 0 Å². The average Bonchev–Trinajstić information content (AvgIpc) is 2.70. The molecule has 0 aromatic carbocycles. The lowest BCUT2D eigenvalue weighted by atomic mass is 10.0. The minimum Gasteiger partial charge on any atom is -0.252 e. The maximum Gasteiger partial charge on any atom is 0.223 e. The summed E-state index contributed by atoms with van der Waals surface area (Å²) in [7, 11) is 0. The predicted molar refractivity (Wildman–Crippen MR) is 51.5 cm³/mol. The number of hydrogen-bond acceptors (Lipinski definition) is 4. The molecule has 0 unspecified atom stereocenters. The zero-order chi connectivity index (χ0) is 9.97. The third-order valence-electron chi connectivity index (χ3n) is 2.02. The second-order valence-corrected chi connectivity index (χ2v) is 3.33. The highest BCUT2D eigenvalue weighted by molar-refractivity contribution is 5.54. The van der Waals surface area contributed by atoms with Crippen molar-refractivity contribution in [3.63, 3.8) is 0 Å². The Kier molecular flexibility index (Phi) is 2.22. The van der Waals surface area contributed by atoms with Crippen LogP contribution in [0.2, 0.25) is 0 Å². The Labute approximate surface area is 81.6 Å². The van der Waals surface area contributed by atoms with Crippen LogP contribution in [0, 0.1) is 0 Å². The second-order valence-electron chi connectivity index (χ2n) is 3.33. The van der Waals surface area contributed by atoms with Crippen LogP contribution in [0.15, 0.2) is 18.3 Å². The van der Waals surface area contributed by atoms with Crippen LogP contribution in [0.1, 0.15) is 25.3 Å². The van der Waals surface area contributed by atoms with Crippen LogP contribution < -0.4 is 0 Å². The number of H-pyrrole nitrogens is 1. The molecule has 0 fully saturated rings. The largest absolute Gasteiger partial charge is 0.252 e. The quantitative estimate of drug-likeness (QED) is 0.775. The van der Waals surface area contributed by atoms with Crippen molar-refractivity contribution in [2.75, 3.05) is 0 Å². The van der Waals surface area contributed by atoms with Gasteiger partial charge >= 0.3 is 0 Å². The summed E-state index contributed by atoms with van der Waals surface area (Å²) in [4.78, 5) is 4.26. The number of aromatic nitrogens is 5. The number of tetrazole rings is 1. The summed E-state index contributed by atoms with van der Waals surface area (Å²) < 4.78 is 0. The second kappa shape index (κ2) is 3.53. The Balaban J connectivity index is 2.53. The molecule has 0 spiro atoms. The summed E-state index contributed by atoms with van der Waals surface area (Å²) in [5.74, 6) is 0.950. The molecular formula is C9H11N5. The zero-order valence-corrected chi connectivity index (χ0v) is 8.10. The predicted octanol–water partition coefficient (Wildman–Crippen LogP) is 1.39. The molecule has 0 radical (unpaired) electrons. The first kappa shape index (κ1) is 8.80. The minimum absolute atomic E-state index is 0.400. The van der Waals surface area contributed by atoms with Gasteiger partial charge in [0.15, 0.2) is 0 Å². The van der Waals surface area contributed by atoms with E-state index in [1.165, 1.54) is 0 Å². The maximum atomic E-state index is 4.26. The lowest BCUT2D eigenvalue weighted by molar-refractivity contribution is 0.858. The summed E-state index contributed by atoms with van der Waals surface area (Å²) in [6, 6.07) is 3.95. The molecule has 0 bridgehead atoms. The number of aromatic amines is 1. The molecule has 0 saturated heterocycles. The van der Waals surface area contributed by atoms with Crippen LogP contribution in [-0.4, -0.2) is 25.6 Å². The standard InChI is InChI=1S/C9H11N5/c1-6(2)7-4-3-5-10-8(7)9-11-13-14-12-9/h3-6H,1-2H3,(H,11,12,13,14). The molecule has 0 aliphatic rings. The van der Waals surface area contributed by atoms with Crippen LogP contribution >= 0.6 is 0 Å². The smallest absolute Gasteiger partial charge is 0.223 e. The number of hydrogen-bond donors (Lipinski definition) is 1. The molecule has 2 rings (SSSR count). The van der Waals surface area contributed by atoms with Crippen LogP contribution in [0.3, 0.4) is 0 Å². The summed E-state index contributed by atoms with van der Waals surface area (Å²) >= 11 is 0. The van der Waals surface area contributed by atoms with Gasteiger partial charge in [0.25, 0.3) is 0 Å². The van der Waals surface area contributed by atoms with Crippen molar-refractivity contribution in [2.24, 2.45) is 0 Å². The minimum atomic E-state index is 0.400. The summed E-state index contributed by atoms with van der Waals surface area (Å²) in [6.45, 7) is 4.22. The molecule has 0 aliphatic heterocycles. The highest BCUT2D eigenvalue weighted by atomic mass is 15.5. The Morgan fingerprint density at radius 2 is 2.21 bits per heavy atom. The van der Waals surface area contributed by atoms with Gasteiger partial charge in [-0.15, -0.1) is 10.2 Å². The Morgan fingerprint density at radius 1 is 1.36 bits per heavy atom. The third-order valence-corrected chi connectivity index (χ3v) is 2.02. The SMILES string of the molecule is CC(C)c1cccnc1-c1nn[nH]n1. The van der Waals surface area contributed by atoms with Gasteiger partial charge in [-0.2, -0.15) is 5.21 Å². The van der Waals surface area contributed by atoms with Crippen molar-refractivity contribution in [1.29, 1.82) is 0 Å². The number of nitrogens with one attached hydrogen (secondary N) is 1. The van der Waals surface area contributed by atoms with E-state index in [0.29, 0.717) is 11.7 Å². The summed E-state index contributed by atoms with van der Waals surface area (Å²) in [5.41, 5.74) is 1.94. The van der Waals surface area contributed by atoms with Gasteiger partial charge < -0.3 is 0 Å². The highest BCUT2D eigenvalue weighted by Crippen LogP contribution is 2.23. The first-order chi connectivity index (χ1) is 6.79. The van der Waals surface area contributed by atoms with Gasteiger partial charge in [0, 0.05) is 6.20 Å². The van der Waals surface area contributed by atoms with Crippen LogP contribution in [0.5, 0.6) is 0 Å². The normalized spacial score (nSPS) is 10.8. The lowest BCUT2D eigenvalue weighted by Gasteiger charge is -2.07. The fourth-order valence-corrected chi connectivity index (χ4v) is 1.33. The van der Waals surface area contributed by atoms with Crippen LogP contribution in [0.25, 0.3) is 11.5 Å². The first-order valence-electron chi connectivity index (χ1n) is 4.47. The average molecular weight is 189 g/mol. The molecule has 0 aliphatic carbocycles. The van der Waals surface area contributed by atoms with Gasteiger partial charge in [-0.25, -0.2) is 0 Å². The molecule has 2 aromatic rings. The number of pyridine rings is 1. The molecule has 1 N–H and O–H groups in total. The fourth-order valence-electron chi connectivity index (χ4n) is 1.33. The van der Waals surface area contributed by atoms with Crippen molar-refractivity contribution in [3.8, 4) is 11.5 Å². The van der Waals surface area contributed by atoms with E-state index in [1.807, 2.05) is 12.1 Å². The highest BCUT2D eigenvalue weighted by Gasteiger charge is 2.12. The van der Waals surface area contributed by atoms with E-state index in [0.717, 1.165) is 11.3 Å². The third kappa shape index (κ3) is 1.48. The molecule has 5 nitrogen and oxygen atoms in total. The van der Waals surface area contributed by atoms with E-state index in [-0.39, 0.29) is 0 Å². The molecule has 14 heavy (non-hydrogen) atoms. The molecule has 72 valence electrons. The Bertz CT molecular complexity index is 407. The van der Waals surface area contributed by atoms with Crippen molar-refractivity contribution in [2.45, 2.75) is 19.8 Å². The van der Waals surface area contributed by atoms with Gasteiger partial charge in [-0.1, -0.05) is 19.9 Å². The summed E-state index contributed by atoms with van der Waals surface area (Å²) in [6.07, 6.45) is 1.73.